The number of benzene rings is 2. The lowest BCUT2D eigenvalue weighted by Gasteiger charge is -2.22. The molecule has 0 saturated carbocycles. The Morgan fingerprint density at radius 2 is 1.96 bits per heavy atom. The van der Waals surface area contributed by atoms with Crippen molar-refractivity contribution < 1.29 is 23.5 Å². The zero-order valence-electron chi connectivity index (χ0n) is 13.8. The second kappa shape index (κ2) is 7.98. The van der Waals surface area contributed by atoms with Crippen LogP contribution in [0.2, 0.25) is 5.02 Å². The first kappa shape index (κ1) is 19.2. The van der Waals surface area contributed by atoms with Crippen molar-refractivity contribution in [1.29, 1.82) is 0 Å². The quantitative estimate of drug-likeness (QED) is 0.643. The van der Waals surface area contributed by atoms with Gasteiger partial charge in [0.2, 0.25) is 5.91 Å². The smallest absolute Gasteiger partial charge is 0.303 e. The number of aliphatic carboxylic acids is 1. The zero-order chi connectivity index (χ0) is 19.6. The Morgan fingerprint density at radius 1 is 1.19 bits per heavy atom. The summed E-state index contributed by atoms with van der Waals surface area (Å²) in [5.74, 6) is -2.99. The number of carbonyl (C=O) groups excluding carboxylic acids is 1. The largest absolute Gasteiger partial charge is 0.481 e. The number of thiazole rings is 1. The van der Waals surface area contributed by atoms with Gasteiger partial charge in [-0.05, 0) is 18.2 Å². The van der Waals surface area contributed by atoms with E-state index in [0.717, 1.165) is 23.5 Å². The zero-order valence-corrected chi connectivity index (χ0v) is 15.4. The number of carbonyl (C=O) groups is 2. The van der Waals surface area contributed by atoms with Gasteiger partial charge >= 0.3 is 5.97 Å². The predicted octanol–water partition coefficient (Wildman–Crippen LogP) is 4.63. The van der Waals surface area contributed by atoms with Crippen molar-refractivity contribution in [3.05, 3.63) is 58.1 Å². The summed E-state index contributed by atoms with van der Waals surface area (Å²) in [5.41, 5.74) is 0.625. The molecule has 0 bridgehead atoms. The lowest BCUT2D eigenvalue weighted by Crippen LogP contribution is -2.30. The molecule has 1 amide bonds. The summed E-state index contributed by atoms with van der Waals surface area (Å²) in [6.45, 7) is -0.0147. The summed E-state index contributed by atoms with van der Waals surface area (Å²) >= 11 is 7.00. The highest BCUT2D eigenvalue weighted by Gasteiger charge is 2.20. The van der Waals surface area contributed by atoms with E-state index in [1.807, 2.05) is 0 Å². The van der Waals surface area contributed by atoms with Crippen LogP contribution in [0.1, 0.15) is 17.8 Å². The first-order valence-electron chi connectivity index (χ1n) is 7.85. The fourth-order valence-corrected chi connectivity index (χ4v) is 3.65. The van der Waals surface area contributed by atoms with Gasteiger partial charge < -0.3 is 10.0 Å². The minimum Gasteiger partial charge on any atom is -0.481 e. The van der Waals surface area contributed by atoms with E-state index in [1.165, 1.54) is 4.90 Å². The summed E-state index contributed by atoms with van der Waals surface area (Å²) in [7, 11) is 0. The van der Waals surface area contributed by atoms with Crippen LogP contribution < -0.4 is 4.90 Å². The molecule has 2 aromatic carbocycles. The van der Waals surface area contributed by atoms with Crippen molar-refractivity contribution >= 4 is 50.7 Å². The first-order chi connectivity index (χ1) is 12.8. The molecule has 0 aliphatic rings. The Labute approximate surface area is 161 Å². The molecule has 1 heterocycles. The highest BCUT2D eigenvalue weighted by molar-refractivity contribution is 7.18. The number of nitrogens with zero attached hydrogens (tertiary/aromatic N) is 2. The average molecular weight is 411 g/mol. The summed E-state index contributed by atoms with van der Waals surface area (Å²) in [6.07, 6.45) is -0.536. The topological polar surface area (TPSA) is 70.5 Å². The van der Waals surface area contributed by atoms with Crippen molar-refractivity contribution in [1.82, 2.24) is 4.98 Å². The van der Waals surface area contributed by atoms with Gasteiger partial charge in [-0.2, -0.15) is 0 Å². The van der Waals surface area contributed by atoms with Crippen molar-refractivity contribution in [2.45, 2.75) is 19.4 Å². The van der Waals surface area contributed by atoms with E-state index in [4.69, 9.17) is 16.7 Å². The Bertz CT molecular complexity index is 1030. The molecule has 3 rings (SSSR count). The lowest BCUT2D eigenvalue weighted by molar-refractivity contribution is -0.138. The van der Waals surface area contributed by atoms with Crippen LogP contribution in [0.5, 0.6) is 0 Å². The van der Waals surface area contributed by atoms with Gasteiger partial charge in [-0.3, -0.25) is 9.59 Å². The van der Waals surface area contributed by atoms with E-state index < -0.39 is 23.5 Å². The summed E-state index contributed by atoms with van der Waals surface area (Å²) in [6, 6.07) is 8.40. The van der Waals surface area contributed by atoms with Gasteiger partial charge in [-0.1, -0.05) is 17.7 Å². The molecule has 0 aliphatic heterocycles. The summed E-state index contributed by atoms with van der Waals surface area (Å²) < 4.78 is 27.5. The maximum atomic E-state index is 13.9. The molecule has 0 unspecified atom stereocenters. The summed E-state index contributed by atoms with van der Waals surface area (Å²) in [5, 5.41) is 9.61. The van der Waals surface area contributed by atoms with Gasteiger partial charge in [-0.15, -0.1) is 11.3 Å². The summed E-state index contributed by atoms with van der Waals surface area (Å²) in [4.78, 5) is 28.9. The number of anilines is 1. The molecular formula is C18H13ClF2N2O3S. The van der Waals surface area contributed by atoms with Gasteiger partial charge in [0, 0.05) is 29.3 Å². The van der Waals surface area contributed by atoms with Crippen LogP contribution in [0.15, 0.2) is 36.4 Å². The molecule has 3 aromatic rings. The van der Waals surface area contributed by atoms with E-state index in [9.17, 15) is 18.4 Å². The fraction of sp³-hybridized carbons (Fsp3) is 0.167. The molecule has 1 aromatic heterocycles. The van der Waals surface area contributed by atoms with Crippen molar-refractivity contribution in [2.75, 3.05) is 4.90 Å². The van der Waals surface area contributed by atoms with Gasteiger partial charge in [-0.25, -0.2) is 13.8 Å². The average Bonchev–Trinajstić information content (AvgIpc) is 3.00. The van der Waals surface area contributed by atoms with E-state index >= 15 is 0 Å². The third-order valence-electron chi connectivity index (χ3n) is 3.72. The first-order valence-corrected chi connectivity index (χ1v) is 9.05. The van der Waals surface area contributed by atoms with Crippen LogP contribution in [0.4, 0.5) is 14.5 Å². The molecule has 140 valence electrons. The van der Waals surface area contributed by atoms with E-state index in [0.29, 0.717) is 15.7 Å². The number of carboxylic acids is 1. The van der Waals surface area contributed by atoms with Gasteiger partial charge in [0.25, 0.3) is 0 Å². The monoisotopic (exact) mass is 410 g/mol. The molecule has 0 spiro atoms. The second-order valence-corrected chi connectivity index (χ2v) is 7.22. The number of amides is 1. The molecule has 0 fully saturated rings. The van der Waals surface area contributed by atoms with Crippen LogP contribution in [0, 0.1) is 11.6 Å². The Balaban J connectivity index is 1.94. The second-order valence-electron chi connectivity index (χ2n) is 5.70. The van der Waals surface area contributed by atoms with Crippen LogP contribution in [0.3, 0.4) is 0 Å². The molecule has 1 N–H and O–H groups in total. The minimum atomic E-state index is -1.09. The number of aromatic nitrogens is 1. The lowest BCUT2D eigenvalue weighted by atomic mass is 10.2. The highest BCUT2D eigenvalue weighted by Crippen LogP contribution is 2.29. The van der Waals surface area contributed by atoms with E-state index in [2.05, 4.69) is 4.98 Å². The number of hydrogen-bond acceptors (Lipinski definition) is 4. The molecule has 5 nitrogen and oxygen atoms in total. The molecule has 0 aliphatic carbocycles. The predicted molar refractivity (Wildman–Crippen MR) is 99.0 cm³/mol. The van der Waals surface area contributed by atoms with Crippen LogP contribution in [0.25, 0.3) is 10.2 Å². The molecule has 9 heteroatoms. The van der Waals surface area contributed by atoms with Crippen molar-refractivity contribution in [3.63, 3.8) is 0 Å². The van der Waals surface area contributed by atoms with Gasteiger partial charge in [0.1, 0.15) is 16.6 Å². The van der Waals surface area contributed by atoms with E-state index in [-0.39, 0.29) is 29.6 Å². The Morgan fingerprint density at radius 3 is 2.67 bits per heavy atom. The third kappa shape index (κ3) is 4.58. The molecule has 0 atom stereocenters. The molecule has 0 radical (unpaired) electrons. The third-order valence-corrected chi connectivity index (χ3v) is 5.02. The number of carboxylic acid groups (broad SMARTS) is 1. The highest BCUT2D eigenvalue weighted by atomic mass is 35.5. The number of halogens is 3. The van der Waals surface area contributed by atoms with Crippen LogP contribution in [-0.2, 0) is 16.1 Å². The maximum Gasteiger partial charge on any atom is 0.303 e. The van der Waals surface area contributed by atoms with Crippen LogP contribution in [-0.4, -0.2) is 22.0 Å². The SMILES string of the molecule is O=C(O)CCC(=O)N(Cc1nc2cc(F)cc(F)c2s1)c1cccc(Cl)c1. The number of rotatable bonds is 6. The fourth-order valence-electron chi connectivity index (χ4n) is 2.53. The molecule has 0 saturated heterocycles. The number of fused-ring (bicyclic) bond motifs is 1. The Hall–Kier alpha value is -2.58. The normalized spacial score (nSPS) is 10.9. The van der Waals surface area contributed by atoms with Crippen molar-refractivity contribution in [2.24, 2.45) is 0 Å². The van der Waals surface area contributed by atoms with Crippen molar-refractivity contribution in [3.8, 4) is 0 Å². The van der Waals surface area contributed by atoms with E-state index in [1.54, 1.807) is 24.3 Å². The van der Waals surface area contributed by atoms with Crippen LogP contribution >= 0.6 is 22.9 Å². The standard InChI is InChI=1S/C18H13ClF2N2O3S/c19-10-2-1-3-12(6-10)23(16(24)4-5-17(25)26)9-15-22-14-8-11(20)7-13(21)18(14)27-15/h1-3,6-8H,4-5,9H2,(H,25,26). The van der Waals surface area contributed by atoms with Gasteiger partial charge in [0.05, 0.1) is 23.2 Å². The molecular weight excluding hydrogens is 398 g/mol. The van der Waals surface area contributed by atoms with Gasteiger partial charge in [0.15, 0.2) is 0 Å². The minimum absolute atomic E-state index is 0.0147. The molecule has 27 heavy (non-hydrogen) atoms. The Kier molecular flexibility index (Phi) is 5.67. The maximum absolute atomic E-state index is 13.9. The number of hydrogen-bond donors (Lipinski definition) is 1.